The summed E-state index contributed by atoms with van der Waals surface area (Å²) in [6.07, 6.45) is -0.175. The molecule has 12 heteroatoms. The van der Waals surface area contributed by atoms with Gasteiger partial charge >= 0.3 is 17.9 Å². The van der Waals surface area contributed by atoms with E-state index in [1.54, 1.807) is 0 Å². The lowest BCUT2D eigenvalue weighted by molar-refractivity contribution is -0.141. The molecule has 1 unspecified atom stereocenters. The van der Waals surface area contributed by atoms with Crippen LogP contribution in [0.1, 0.15) is 12.8 Å². The molecule has 0 aliphatic rings. The van der Waals surface area contributed by atoms with Crippen molar-refractivity contribution in [2.75, 3.05) is 11.5 Å². The first-order chi connectivity index (χ1) is 10.6. The number of hydrogen-bond acceptors (Lipinski definition) is 8. The number of nitrogens with two attached hydrogens (primary N) is 2. The predicted octanol–water partition coefficient (Wildman–Crippen LogP) is -1.99. The van der Waals surface area contributed by atoms with Gasteiger partial charge in [0.15, 0.2) is 0 Å². The summed E-state index contributed by atoms with van der Waals surface area (Å²) in [7, 11) is 0. The minimum atomic E-state index is -1.20. The number of amides is 1. The van der Waals surface area contributed by atoms with Crippen LogP contribution in [-0.2, 0) is 19.2 Å². The molecule has 0 aromatic carbocycles. The summed E-state index contributed by atoms with van der Waals surface area (Å²) < 4.78 is 0. The Bertz CT molecular complexity index is 422. The number of carbonyl (C=O) groups is 4. The number of aliphatic carboxylic acids is 3. The van der Waals surface area contributed by atoms with Crippen molar-refractivity contribution in [3.8, 4) is 0 Å². The van der Waals surface area contributed by atoms with E-state index in [0.29, 0.717) is 0 Å². The van der Waals surface area contributed by atoms with Crippen LogP contribution in [0, 0.1) is 0 Å². The van der Waals surface area contributed by atoms with Gasteiger partial charge in [-0.25, -0.2) is 4.79 Å². The minimum absolute atomic E-state index is 0.0357. The maximum absolute atomic E-state index is 11.2. The van der Waals surface area contributed by atoms with Gasteiger partial charge < -0.3 is 32.1 Å². The number of carboxylic acid groups (broad SMARTS) is 3. The highest BCUT2D eigenvalue weighted by Crippen LogP contribution is 1.97. The third kappa shape index (κ3) is 12.7. The van der Waals surface area contributed by atoms with Crippen LogP contribution >= 0.6 is 25.3 Å². The van der Waals surface area contributed by atoms with Crippen LogP contribution in [0.15, 0.2) is 0 Å². The van der Waals surface area contributed by atoms with Crippen molar-refractivity contribution in [1.29, 1.82) is 0 Å². The summed E-state index contributed by atoms with van der Waals surface area (Å²) in [6.45, 7) is 0. The van der Waals surface area contributed by atoms with Gasteiger partial charge in [0.05, 0.1) is 0 Å². The fourth-order valence-corrected chi connectivity index (χ4v) is 1.34. The normalized spacial score (nSPS) is 13.7. The molecule has 0 aromatic heterocycles. The molecule has 0 spiro atoms. The van der Waals surface area contributed by atoms with Gasteiger partial charge in [0.25, 0.3) is 0 Å². The molecule has 1 amide bonds. The molecule has 0 bridgehead atoms. The summed E-state index contributed by atoms with van der Waals surface area (Å²) in [5, 5.41) is 27.3. The maximum Gasteiger partial charge on any atom is 0.327 e. The van der Waals surface area contributed by atoms with Crippen molar-refractivity contribution in [3.05, 3.63) is 0 Å². The molecule has 0 aromatic rings. The Labute approximate surface area is 143 Å². The van der Waals surface area contributed by atoms with Crippen LogP contribution in [0.4, 0.5) is 0 Å². The summed E-state index contributed by atoms with van der Waals surface area (Å²) >= 11 is 7.41. The fraction of sp³-hybridized carbons (Fsp3) is 0.636. The largest absolute Gasteiger partial charge is 0.480 e. The summed E-state index contributed by atoms with van der Waals surface area (Å²) in [5.41, 5.74) is 10.1. The highest BCUT2D eigenvalue weighted by atomic mass is 32.1. The SMILES string of the molecule is NC(CS)C(=O)O.N[C@@H](CCC(=O)N[C@H](CS)C(=O)O)C(=O)O. The third-order valence-electron chi connectivity index (χ3n) is 2.33. The number of carbonyl (C=O) groups excluding carboxylic acids is 1. The van der Waals surface area contributed by atoms with Gasteiger partial charge in [0, 0.05) is 17.9 Å². The van der Waals surface area contributed by atoms with Crippen molar-refractivity contribution >= 4 is 49.1 Å². The van der Waals surface area contributed by atoms with E-state index in [1.807, 2.05) is 0 Å². The van der Waals surface area contributed by atoms with Gasteiger partial charge in [-0.1, -0.05) is 0 Å². The van der Waals surface area contributed by atoms with Crippen molar-refractivity contribution in [3.63, 3.8) is 0 Å². The van der Waals surface area contributed by atoms with Crippen molar-refractivity contribution < 1.29 is 34.5 Å². The maximum atomic E-state index is 11.2. The summed E-state index contributed by atoms with van der Waals surface area (Å²) in [4.78, 5) is 41.8. The van der Waals surface area contributed by atoms with Crippen LogP contribution in [0.5, 0.6) is 0 Å². The second-order valence-corrected chi connectivity index (χ2v) is 4.98. The van der Waals surface area contributed by atoms with Crippen molar-refractivity contribution in [1.82, 2.24) is 5.32 Å². The molecule has 0 saturated carbocycles. The number of hydrogen-bond donors (Lipinski definition) is 8. The van der Waals surface area contributed by atoms with Crippen LogP contribution in [-0.4, -0.2) is 68.8 Å². The molecule has 0 aliphatic carbocycles. The first kappa shape index (κ1) is 23.8. The Morgan fingerprint density at radius 1 is 0.870 bits per heavy atom. The Balaban J connectivity index is 0. The molecule has 0 aliphatic heterocycles. The van der Waals surface area contributed by atoms with Crippen LogP contribution in [0.3, 0.4) is 0 Å². The molecule has 134 valence electrons. The molecule has 0 saturated heterocycles. The lowest BCUT2D eigenvalue weighted by atomic mass is 10.1. The van der Waals surface area contributed by atoms with E-state index in [1.165, 1.54) is 0 Å². The number of rotatable bonds is 9. The van der Waals surface area contributed by atoms with Gasteiger partial charge in [-0.3, -0.25) is 14.4 Å². The Morgan fingerprint density at radius 2 is 1.35 bits per heavy atom. The zero-order valence-electron chi connectivity index (χ0n) is 12.1. The van der Waals surface area contributed by atoms with Gasteiger partial charge in [0.1, 0.15) is 18.1 Å². The Kier molecular flexibility index (Phi) is 13.4. The van der Waals surface area contributed by atoms with Crippen LogP contribution in [0.2, 0.25) is 0 Å². The molecule has 23 heavy (non-hydrogen) atoms. The van der Waals surface area contributed by atoms with Crippen LogP contribution in [0.25, 0.3) is 0 Å². The van der Waals surface area contributed by atoms with Gasteiger partial charge in [-0.05, 0) is 6.42 Å². The second-order valence-electron chi connectivity index (χ2n) is 4.25. The molecule has 10 nitrogen and oxygen atoms in total. The van der Waals surface area contributed by atoms with E-state index in [0.717, 1.165) is 0 Å². The number of carboxylic acids is 3. The van der Waals surface area contributed by atoms with Gasteiger partial charge in [-0.2, -0.15) is 25.3 Å². The molecule has 8 N–H and O–H groups in total. The molecule has 3 atom stereocenters. The van der Waals surface area contributed by atoms with E-state index in [4.69, 9.17) is 26.8 Å². The van der Waals surface area contributed by atoms with Crippen molar-refractivity contribution in [2.24, 2.45) is 11.5 Å². The van der Waals surface area contributed by atoms with Crippen LogP contribution < -0.4 is 16.8 Å². The molecule has 0 heterocycles. The smallest absolute Gasteiger partial charge is 0.327 e. The zero-order valence-corrected chi connectivity index (χ0v) is 13.9. The molecule has 0 radical (unpaired) electrons. The second kappa shape index (κ2) is 13.0. The van der Waals surface area contributed by atoms with E-state index in [-0.39, 0.29) is 24.3 Å². The predicted molar refractivity (Wildman–Crippen MR) is 87.7 cm³/mol. The fourth-order valence-electron chi connectivity index (χ4n) is 0.940. The highest BCUT2D eigenvalue weighted by Gasteiger charge is 2.19. The third-order valence-corrected chi connectivity index (χ3v) is 3.09. The highest BCUT2D eigenvalue weighted by molar-refractivity contribution is 7.80. The number of nitrogens with one attached hydrogen (secondary N) is 1. The van der Waals surface area contributed by atoms with E-state index >= 15 is 0 Å². The summed E-state index contributed by atoms with van der Waals surface area (Å²) in [5.74, 6) is -3.79. The quantitative estimate of drug-likeness (QED) is 0.212. The zero-order chi connectivity index (χ0) is 18.6. The number of thiol groups is 2. The van der Waals surface area contributed by atoms with Crippen molar-refractivity contribution in [2.45, 2.75) is 31.0 Å². The average molecular weight is 371 g/mol. The Hall–Kier alpha value is -1.50. The average Bonchev–Trinajstić information content (AvgIpc) is 2.49. The van der Waals surface area contributed by atoms with Gasteiger partial charge in [-0.15, -0.1) is 0 Å². The van der Waals surface area contributed by atoms with E-state index < -0.39 is 41.9 Å². The van der Waals surface area contributed by atoms with Gasteiger partial charge in [0.2, 0.25) is 5.91 Å². The lowest BCUT2D eigenvalue weighted by Crippen LogP contribution is -2.42. The Morgan fingerprint density at radius 3 is 1.61 bits per heavy atom. The first-order valence-electron chi connectivity index (χ1n) is 6.27. The molecular weight excluding hydrogens is 350 g/mol. The molecular formula is C11H21N3O7S2. The minimum Gasteiger partial charge on any atom is -0.480 e. The van der Waals surface area contributed by atoms with E-state index in [9.17, 15) is 19.2 Å². The standard InChI is InChI=1S/C8H14N2O5S.C3H7NO2S/c9-4(7(12)13)1-2-6(11)10-5(3-16)8(14)15;4-2(1-7)3(5)6/h4-5,16H,1-3,9H2,(H,10,11)(H,12,13)(H,14,15);2,7H,1,4H2,(H,5,6)/t4-,5+;/m0./s1. The first-order valence-corrected chi connectivity index (χ1v) is 7.53. The summed E-state index contributed by atoms with van der Waals surface area (Å²) in [6, 6.07) is -3.01. The lowest BCUT2D eigenvalue weighted by Gasteiger charge is -2.12. The monoisotopic (exact) mass is 371 g/mol. The molecule has 0 rings (SSSR count). The topological polar surface area (TPSA) is 193 Å². The molecule has 0 fully saturated rings. The van der Waals surface area contributed by atoms with E-state index in [2.05, 4.69) is 30.6 Å².